The first-order valence-electron chi connectivity index (χ1n) is 9.98. The van der Waals surface area contributed by atoms with Crippen molar-refractivity contribution in [3.8, 4) is 6.07 Å². The molecule has 0 unspecified atom stereocenters. The highest BCUT2D eigenvalue weighted by Crippen LogP contribution is 2.28. The van der Waals surface area contributed by atoms with Crippen LogP contribution in [0.3, 0.4) is 0 Å². The van der Waals surface area contributed by atoms with Crippen molar-refractivity contribution in [1.29, 1.82) is 5.26 Å². The smallest absolute Gasteiger partial charge is 0.266 e. The standard InChI is InChI=1S/C27H18ClFN2O/c28-22-8-5-9-23(16-22)31-27(32)21(17-30)15-25-19(14-20-7-2-4-11-26(20)29)13-12-18-6-1-3-10-24(18)25/h1-13,15-16H,14H2,(H,31,32)/b21-15+. The van der Waals surface area contributed by atoms with E-state index in [0.29, 0.717) is 28.3 Å². The van der Waals surface area contributed by atoms with Gasteiger partial charge >= 0.3 is 0 Å². The van der Waals surface area contributed by atoms with Gasteiger partial charge in [-0.1, -0.05) is 72.3 Å². The average Bonchev–Trinajstić information content (AvgIpc) is 2.79. The number of fused-ring (bicyclic) bond motifs is 1. The second-order valence-corrected chi connectivity index (χ2v) is 7.70. The fraction of sp³-hybridized carbons (Fsp3) is 0.0370. The van der Waals surface area contributed by atoms with Crippen molar-refractivity contribution >= 4 is 40.0 Å². The summed E-state index contributed by atoms with van der Waals surface area (Å²) in [5.41, 5.74) is 2.50. The van der Waals surface area contributed by atoms with Crippen molar-refractivity contribution in [2.45, 2.75) is 6.42 Å². The number of anilines is 1. The van der Waals surface area contributed by atoms with E-state index in [9.17, 15) is 14.4 Å². The fourth-order valence-electron chi connectivity index (χ4n) is 3.57. The topological polar surface area (TPSA) is 52.9 Å². The molecule has 0 atom stereocenters. The van der Waals surface area contributed by atoms with Gasteiger partial charge in [0.25, 0.3) is 5.91 Å². The molecule has 0 saturated carbocycles. The lowest BCUT2D eigenvalue weighted by Gasteiger charge is -2.12. The summed E-state index contributed by atoms with van der Waals surface area (Å²) in [7, 11) is 0. The molecule has 4 rings (SSSR count). The van der Waals surface area contributed by atoms with Crippen LogP contribution in [0.1, 0.15) is 16.7 Å². The molecule has 0 bridgehead atoms. The van der Waals surface area contributed by atoms with Gasteiger partial charge in [0.1, 0.15) is 17.5 Å². The Bertz CT molecular complexity index is 1390. The van der Waals surface area contributed by atoms with Gasteiger partial charge in [0.05, 0.1) is 0 Å². The zero-order valence-electron chi connectivity index (χ0n) is 17.0. The Balaban J connectivity index is 1.78. The lowest BCUT2D eigenvalue weighted by atomic mass is 9.93. The minimum absolute atomic E-state index is 0.0592. The summed E-state index contributed by atoms with van der Waals surface area (Å²) < 4.78 is 14.3. The van der Waals surface area contributed by atoms with Gasteiger partial charge in [-0.2, -0.15) is 5.26 Å². The van der Waals surface area contributed by atoms with Gasteiger partial charge in [0, 0.05) is 17.1 Å². The van der Waals surface area contributed by atoms with Crippen LogP contribution >= 0.6 is 11.6 Å². The second kappa shape index (κ2) is 9.47. The van der Waals surface area contributed by atoms with E-state index in [1.165, 1.54) is 6.07 Å². The van der Waals surface area contributed by atoms with Crippen LogP contribution in [0.5, 0.6) is 0 Å². The predicted molar refractivity (Wildman–Crippen MR) is 127 cm³/mol. The van der Waals surface area contributed by atoms with Crippen LogP contribution in [0.4, 0.5) is 10.1 Å². The Morgan fingerprint density at radius 1 is 0.969 bits per heavy atom. The fourth-order valence-corrected chi connectivity index (χ4v) is 3.76. The van der Waals surface area contributed by atoms with E-state index in [2.05, 4.69) is 5.32 Å². The first-order valence-corrected chi connectivity index (χ1v) is 10.4. The van der Waals surface area contributed by atoms with Crippen LogP contribution in [-0.2, 0) is 11.2 Å². The molecule has 3 nitrogen and oxygen atoms in total. The van der Waals surface area contributed by atoms with Crippen LogP contribution < -0.4 is 5.32 Å². The summed E-state index contributed by atoms with van der Waals surface area (Å²) in [5, 5.41) is 14.7. The van der Waals surface area contributed by atoms with E-state index in [1.807, 2.05) is 42.5 Å². The minimum atomic E-state index is -0.542. The van der Waals surface area contributed by atoms with Crippen LogP contribution in [0.25, 0.3) is 16.8 Å². The maximum atomic E-state index is 14.3. The molecule has 0 aliphatic rings. The number of rotatable bonds is 5. The van der Waals surface area contributed by atoms with Gasteiger partial charge < -0.3 is 5.32 Å². The maximum Gasteiger partial charge on any atom is 0.266 e. The van der Waals surface area contributed by atoms with Gasteiger partial charge in [-0.25, -0.2) is 4.39 Å². The number of hydrogen-bond acceptors (Lipinski definition) is 2. The highest BCUT2D eigenvalue weighted by Gasteiger charge is 2.14. The molecule has 0 radical (unpaired) electrons. The molecule has 0 aromatic heterocycles. The first-order chi connectivity index (χ1) is 15.5. The van der Waals surface area contributed by atoms with Gasteiger partial charge in [-0.15, -0.1) is 0 Å². The van der Waals surface area contributed by atoms with E-state index >= 15 is 0 Å². The highest BCUT2D eigenvalue weighted by atomic mass is 35.5. The molecule has 1 N–H and O–H groups in total. The number of hydrogen-bond donors (Lipinski definition) is 1. The molecule has 5 heteroatoms. The summed E-state index contributed by atoms with van der Waals surface area (Å²) in [6.45, 7) is 0. The maximum absolute atomic E-state index is 14.3. The third-order valence-corrected chi connectivity index (χ3v) is 5.37. The number of nitriles is 1. The molecule has 32 heavy (non-hydrogen) atoms. The summed E-state index contributed by atoms with van der Waals surface area (Å²) in [6, 6.07) is 26.9. The van der Waals surface area contributed by atoms with E-state index < -0.39 is 5.91 Å². The van der Waals surface area contributed by atoms with Crippen molar-refractivity contribution in [2.24, 2.45) is 0 Å². The SMILES string of the molecule is N#C/C(=C\c1c(Cc2ccccc2F)ccc2ccccc12)C(=O)Nc1cccc(Cl)c1. The van der Waals surface area contributed by atoms with Crippen molar-refractivity contribution in [2.75, 3.05) is 5.32 Å². The lowest BCUT2D eigenvalue weighted by Crippen LogP contribution is -2.13. The van der Waals surface area contributed by atoms with Crippen LogP contribution in [0, 0.1) is 17.1 Å². The quantitative estimate of drug-likeness (QED) is 0.275. The van der Waals surface area contributed by atoms with Crippen LogP contribution in [-0.4, -0.2) is 5.91 Å². The van der Waals surface area contributed by atoms with Gasteiger partial charge in [0.15, 0.2) is 0 Å². The van der Waals surface area contributed by atoms with Gasteiger partial charge in [-0.05, 0) is 57.8 Å². The monoisotopic (exact) mass is 440 g/mol. The van der Waals surface area contributed by atoms with Gasteiger partial charge in [0.2, 0.25) is 0 Å². The van der Waals surface area contributed by atoms with E-state index in [4.69, 9.17) is 11.6 Å². The molecule has 1 amide bonds. The summed E-state index contributed by atoms with van der Waals surface area (Å²) in [4.78, 5) is 12.8. The Morgan fingerprint density at radius 2 is 1.75 bits per heavy atom. The molecule has 4 aromatic carbocycles. The Hall–Kier alpha value is -3.94. The third kappa shape index (κ3) is 4.69. The van der Waals surface area contributed by atoms with E-state index in [-0.39, 0.29) is 11.4 Å². The summed E-state index contributed by atoms with van der Waals surface area (Å²) in [6.07, 6.45) is 1.90. The van der Waals surface area contributed by atoms with E-state index in [0.717, 1.165) is 16.3 Å². The number of amides is 1. The number of nitrogens with one attached hydrogen (secondary N) is 1. The molecule has 0 aliphatic heterocycles. The molecule has 0 aliphatic carbocycles. The van der Waals surface area contributed by atoms with Crippen LogP contribution in [0.15, 0.2) is 90.5 Å². The normalized spacial score (nSPS) is 11.2. The van der Waals surface area contributed by atoms with Crippen molar-refractivity contribution in [3.05, 3.63) is 118 Å². The number of nitrogens with zero attached hydrogens (tertiary/aromatic N) is 1. The highest BCUT2D eigenvalue weighted by molar-refractivity contribution is 6.31. The molecule has 4 aromatic rings. The van der Waals surface area contributed by atoms with Crippen molar-refractivity contribution < 1.29 is 9.18 Å². The first kappa shape index (κ1) is 21.3. The number of carbonyl (C=O) groups is 1. The largest absolute Gasteiger partial charge is 0.321 e. The molecular formula is C27H18ClFN2O. The van der Waals surface area contributed by atoms with Crippen LogP contribution in [0.2, 0.25) is 5.02 Å². The van der Waals surface area contributed by atoms with E-state index in [1.54, 1.807) is 48.5 Å². The van der Waals surface area contributed by atoms with Gasteiger partial charge in [-0.3, -0.25) is 4.79 Å². The molecule has 0 fully saturated rings. The molecule has 0 saturated heterocycles. The van der Waals surface area contributed by atoms with Crippen molar-refractivity contribution in [1.82, 2.24) is 0 Å². The Morgan fingerprint density at radius 3 is 2.53 bits per heavy atom. The average molecular weight is 441 g/mol. The van der Waals surface area contributed by atoms with Crippen molar-refractivity contribution in [3.63, 3.8) is 0 Å². The third-order valence-electron chi connectivity index (χ3n) is 5.14. The molecule has 0 heterocycles. The lowest BCUT2D eigenvalue weighted by molar-refractivity contribution is -0.112. The zero-order chi connectivity index (χ0) is 22.5. The zero-order valence-corrected chi connectivity index (χ0v) is 17.7. The Labute approximate surface area is 190 Å². The summed E-state index contributed by atoms with van der Waals surface area (Å²) in [5.74, 6) is -0.839. The minimum Gasteiger partial charge on any atom is -0.321 e. The Kier molecular flexibility index (Phi) is 6.30. The number of halogens is 2. The summed E-state index contributed by atoms with van der Waals surface area (Å²) >= 11 is 5.99. The molecule has 156 valence electrons. The number of benzene rings is 4. The predicted octanol–water partition coefficient (Wildman–Crippen LogP) is 6.77. The molecular weight excluding hydrogens is 423 g/mol. The number of carbonyl (C=O) groups excluding carboxylic acids is 1. The molecule has 0 spiro atoms. The second-order valence-electron chi connectivity index (χ2n) is 7.26.